The number of nitrogens with zero attached hydrogens (tertiary/aromatic N) is 5. The van der Waals surface area contributed by atoms with Crippen LogP contribution in [0.3, 0.4) is 0 Å². The lowest BCUT2D eigenvalue weighted by Gasteiger charge is -2.36. The van der Waals surface area contributed by atoms with E-state index in [1.807, 2.05) is 18.2 Å². The van der Waals surface area contributed by atoms with E-state index in [9.17, 15) is 14.4 Å². The lowest BCUT2D eigenvalue weighted by molar-refractivity contribution is 0.0920. The van der Waals surface area contributed by atoms with Gasteiger partial charge in [-0.3, -0.25) is 19.4 Å². The number of hydrogen-bond donors (Lipinski definition) is 0. The van der Waals surface area contributed by atoms with E-state index < -0.39 is 5.92 Å². The normalized spacial score (nSPS) is 25.5. The van der Waals surface area contributed by atoms with Gasteiger partial charge in [0.05, 0.1) is 34.3 Å². The van der Waals surface area contributed by atoms with Crippen molar-refractivity contribution in [1.82, 2.24) is 25.1 Å². The molecular weight excluding hydrogens is 526 g/mol. The molecule has 5 atom stereocenters. The van der Waals surface area contributed by atoms with Gasteiger partial charge in [-0.15, -0.1) is 0 Å². The molecule has 8 heteroatoms. The number of pyridine rings is 1. The summed E-state index contributed by atoms with van der Waals surface area (Å²) < 4.78 is 0. The van der Waals surface area contributed by atoms with Crippen molar-refractivity contribution in [1.29, 1.82) is 0 Å². The third-order valence-corrected chi connectivity index (χ3v) is 9.81. The lowest BCUT2D eigenvalue weighted by atomic mass is 9.69. The molecule has 0 saturated heterocycles. The predicted molar refractivity (Wildman–Crippen MR) is 158 cm³/mol. The minimum atomic E-state index is -0.496. The molecule has 3 heterocycles. The van der Waals surface area contributed by atoms with E-state index in [0.717, 1.165) is 29.1 Å². The van der Waals surface area contributed by atoms with Gasteiger partial charge in [-0.2, -0.15) is 10.2 Å². The Morgan fingerprint density at radius 3 is 2.24 bits per heavy atom. The van der Waals surface area contributed by atoms with E-state index in [4.69, 9.17) is 10.1 Å². The highest BCUT2D eigenvalue weighted by Gasteiger charge is 2.43. The van der Waals surface area contributed by atoms with Crippen LogP contribution < -0.4 is 0 Å². The van der Waals surface area contributed by atoms with Crippen molar-refractivity contribution in [3.8, 4) is 0 Å². The fourth-order valence-electron chi connectivity index (χ4n) is 7.50. The zero-order valence-electron chi connectivity index (χ0n) is 25.3. The number of aromatic nitrogens is 5. The number of carbonyl (C=O) groups excluding carboxylic acids is 3. The van der Waals surface area contributed by atoms with Crippen LogP contribution in [0.2, 0.25) is 0 Å². The van der Waals surface area contributed by atoms with Crippen LogP contribution in [0.5, 0.6) is 0 Å². The molecular formula is C34H39N5O3. The van der Waals surface area contributed by atoms with Crippen molar-refractivity contribution in [2.24, 2.45) is 17.8 Å². The first-order valence-corrected chi connectivity index (χ1v) is 15.4. The molecule has 42 heavy (non-hydrogen) atoms. The fraction of sp³-hybridized carbons (Fsp3) is 0.529. The quantitative estimate of drug-likeness (QED) is 0.340. The maximum absolute atomic E-state index is 13.8. The van der Waals surface area contributed by atoms with Gasteiger partial charge in [0.2, 0.25) is 0 Å². The first-order chi connectivity index (χ1) is 20.1. The number of rotatable bonds is 5. The summed E-state index contributed by atoms with van der Waals surface area (Å²) in [4.78, 5) is 53.7. The molecule has 3 aromatic rings. The predicted octanol–water partition coefficient (Wildman–Crippen LogP) is 6.60. The van der Waals surface area contributed by atoms with Gasteiger partial charge in [-0.1, -0.05) is 41.5 Å². The van der Waals surface area contributed by atoms with E-state index in [1.54, 1.807) is 6.20 Å². The van der Waals surface area contributed by atoms with Crippen LogP contribution in [0.15, 0.2) is 30.7 Å². The lowest BCUT2D eigenvalue weighted by Crippen LogP contribution is -2.32. The van der Waals surface area contributed by atoms with Gasteiger partial charge in [0.25, 0.3) is 0 Å². The number of ketones is 3. The van der Waals surface area contributed by atoms with E-state index in [0.29, 0.717) is 47.7 Å². The van der Waals surface area contributed by atoms with Crippen molar-refractivity contribution >= 4 is 17.3 Å². The van der Waals surface area contributed by atoms with Crippen LogP contribution in [0.1, 0.15) is 156 Å². The fourth-order valence-corrected chi connectivity index (χ4v) is 7.50. The Balaban J connectivity index is 1.38. The average molecular weight is 566 g/mol. The van der Waals surface area contributed by atoms with Crippen molar-refractivity contribution in [3.05, 3.63) is 75.9 Å². The first kappa shape index (κ1) is 28.4. The number of carbonyl (C=O) groups is 3. The Labute approximate surface area is 247 Å². The highest BCUT2D eigenvalue weighted by atomic mass is 16.1. The van der Waals surface area contributed by atoms with Crippen molar-refractivity contribution < 1.29 is 14.4 Å². The standard InChI is InChI=1S/C34H39N5O3/c1-16(2)19-8-10-28(40)20-7-9-26(37-32(19)20)22-13-29(41)24-12-27(38-39-33(24)30(22)18(5)6)23-11-21(17(3)4)31-25(34(23)42)14-35-15-36-31/h7,9,12,14-19,21-23,30H,8,10-11,13H2,1-6H3. The van der Waals surface area contributed by atoms with Gasteiger partial charge in [-0.05, 0) is 48.8 Å². The molecule has 0 radical (unpaired) electrons. The summed E-state index contributed by atoms with van der Waals surface area (Å²) in [5.41, 5.74) is 5.56. The monoisotopic (exact) mass is 565 g/mol. The van der Waals surface area contributed by atoms with Gasteiger partial charge in [0.15, 0.2) is 17.3 Å². The molecule has 0 amide bonds. The zero-order chi connectivity index (χ0) is 29.9. The van der Waals surface area contributed by atoms with Gasteiger partial charge < -0.3 is 0 Å². The Kier molecular flexibility index (Phi) is 7.36. The Morgan fingerprint density at radius 2 is 1.52 bits per heavy atom. The maximum Gasteiger partial charge on any atom is 0.175 e. The van der Waals surface area contributed by atoms with Gasteiger partial charge in [-0.25, -0.2) is 9.97 Å². The smallest absolute Gasteiger partial charge is 0.175 e. The summed E-state index contributed by atoms with van der Waals surface area (Å²) in [6, 6.07) is 5.67. The minimum Gasteiger partial charge on any atom is -0.294 e. The number of hydrogen-bond acceptors (Lipinski definition) is 8. The molecule has 3 aliphatic rings. The summed E-state index contributed by atoms with van der Waals surface area (Å²) in [5.74, 6) is 0.487. The third-order valence-electron chi connectivity index (χ3n) is 9.81. The molecule has 8 nitrogen and oxygen atoms in total. The van der Waals surface area contributed by atoms with E-state index in [2.05, 4.69) is 56.6 Å². The second kappa shape index (κ2) is 10.9. The third kappa shape index (κ3) is 4.69. The maximum atomic E-state index is 13.8. The Hall–Kier alpha value is -3.68. The van der Waals surface area contributed by atoms with Gasteiger partial charge >= 0.3 is 0 Å². The molecule has 5 unspecified atom stereocenters. The van der Waals surface area contributed by atoms with E-state index in [-0.39, 0.29) is 52.9 Å². The Morgan fingerprint density at radius 1 is 0.762 bits per heavy atom. The molecule has 0 aliphatic heterocycles. The SMILES string of the molecule is CC(C)C1CCC(=O)c2ccc(C3CC(=O)c4cc(C5CC(C(C)C)c6ncncc6C5=O)nnc4C3C(C)C)nc21. The molecule has 0 saturated carbocycles. The van der Waals surface area contributed by atoms with Crippen molar-refractivity contribution in [2.45, 2.75) is 96.8 Å². The summed E-state index contributed by atoms with van der Waals surface area (Å²) in [7, 11) is 0. The summed E-state index contributed by atoms with van der Waals surface area (Å²) in [6.45, 7) is 12.9. The zero-order valence-corrected chi connectivity index (χ0v) is 25.3. The molecule has 218 valence electrons. The van der Waals surface area contributed by atoms with E-state index >= 15 is 0 Å². The highest BCUT2D eigenvalue weighted by molar-refractivity contribution is 6.03. The van der Waals surface area contributed by atoms with Crippen LogP contribution in [0, 0.1) is 17.8 Å². The van der Waals surface area contributed by atoms with Crippen molar-refractivity contribution in [2.75, 3.05) is 0 Å². The molecule has 0 bridgehead atoms. The first-order valence-electron chi connectivity index (χ1n) is 15.4. The second-order valence-electron chi connectivity index (χ2n) is 13.4. The molecule has 0 spiro atoms. The molecule has 0 fully saturated rings. The number of Topliss-reactive ketones (excluding diaryl/α,β-unsaturated/α-hetero) is 3. The van der Waals surface area contributed by atoms with Crippen LogP contribution >= 0.6 is 0 Å². The summed E-state index contributed by atoms with van der Waals surface area (Å²) in [6.07, 6.45) is 5.34. The second-order valence-corrected chi connectivity index (χ2v) is 13.4. The van der Waals surface area contributed by atoms with Crippen LogP contribution in [-0.4, -0.2) is 42.5 Å². The van der Waals surface area contributed by atoms with Crippen molar-refractivity contribution in [3.63, 3.8) is 0 Å². The molecule has 6 rings (SSSR count). The average Bonchev–Trinajstić information content (AvgIpc) is 2.96. The molecule has 0 aromatic carbocycles. The summed E-state index contributed by atoms with van der Waals surface area (Å²) in [5, 5.41) is 9.30. The molecule has 3 aliphatic carbocycles. The topological polar surface area (TPSA) is 116 Å². The number of fused-ring (bicyclic) bond motifs is 3. The molecule has 3 aromatic heterocycles. The van der Waals surface area contributed by atoms with E-state index in [1.165, 1.54) is 6.33 Å². The summed E-state index contributed by atoms with van der Waals surface area (Å²) >= 11 is 0. The van der Waals surface area contributed by atoms with Gasteiger partial charge in [0, 0.05) is 59.5 Å². The van der Waals surface area contributed by atoms with Crippen LogP contribution in [-0.2, 0) is 0 Å². The Bertz CT molecular complexity index is 1580. The minimum absolute atomic E-state index is 0.00791. The van der Waals surface area contributed by atoms with Crippen LogP contribution in [0.25, 0.3) is 0 Å². The largest absolute Gasteiger partial charge is 0.294 e. The highest BCUT2D eigenvalue weighted by Crippen LogP contribution is 2.47. The molecule has 0 N–H and O–H groups in total. The van der Waals surface area contributed by atoms with Crippen LogP contribution in [0.4, 0.5) is 0 Å². The van der Waals surface area contributed by atoms with Gasteiger partial charge in [0.1, 0.15) is 6.33 Å².